The predicted octanol–water partition coefficient (Wildman–Crippen LogP) is 0.845. The van der Waals surface area contributed by atoms with Gasteiger partial charge in [-0.2, -0.15) is 0 Å². The van der Waals surface area contributed by atoms with Crippen molar-refractivity contribution in [3.05, 3.63) is 0 Å². The zero-order valence-electron chi connectivity index (χ0n) is 7.87. The van der Waals surface area contributed by atoms with Crippen LogP contribution in [0.2, 0.25) is 0 Å². The van der Waals surface area contributed by atoms with Gasteiger partial charge in [0.1, 0.15) is 0 Å². The van der Waals surface area contributed by atoms with Gasteiger partial charge in [-0.15, -0.1) is 11.6 Å². The van der Waals surface area contributed by atoms with E-state index >= 15 is 0 Å². The van der Waals surface area contributed by atoms with E-state index in [1.54, 1.807) is 4.90 Å². The molecule has 76 valence electrons. The number of aliphatic hydroxyl groups excluding tert-OH is 1. The maximum atomic E-state index is 11.4. The van der Waals surface area contributed by atoms with Crippen molar-refractivity contribution in [3.8, 4) is 0 Å². The fourth-order valence-electron chi connectivity index (χ4n) is 1.51. The number of β-amino-alcohol motifs (C(OH)–C–C–N with tert-alkyl or cyclic N) is 1. The zero-order valence-corrected chi connectivity index (χ0v) is 8.63. The molecular formula is C9H16ClNO2. The molecule has 0 aliphatic carbocycles. The van der Waals surface area contributed by atoms with E-state index in [-0.39, 0.29) is 12.0 Å². The summed E-state index contributed by atoms with van der Waals surface area (Å²) < 4.78 is 0. The van der Waals surface area contributed by atoms with Gasteiger partial charge in [0.25, 0.3) is 0 Å². The molecule has 1 N–H and O–H groups in total. The lowest BCUT2D eigenvalue weighted by molar-refractivity contribution is -0.134. The molecule has 0 radical (unpaired) electrons. The highest BCUT2D eigenvalue weighted by atomic mass is 35.5. The van der Waals surface area contributed by atoms with E-state index in [1.807, 2.05) is 6.92 Å². The number of likely N-dealkylation sites (tertiary alicyclic amines) is 1. The molecule has 2 atom stereocenters. The molecule has 1 fully saturated rings. The van der Waals surface area contributed by atoms with Crippen LogP contribution in [0.1, 0.15) is 19.8 Å². The van der Waals surface area contributed by atoms with Crippen LogP contribution in [0.15, 0.2) is 0 Å². The molecule has 0 saturated carbocycles. The molecule has 1 aliphatic heterocycles. The summed E-state index contributed by atoms with van der Waals surface area (Å²) in [5.41, 5.74) is 0. The smallest absolute Gasteiger partial charge is 0.223 e. The van der Waals surface area contributed by atoms with Gasteiger partial charge in [0.15, 0.2) is 0 Å². The van der Waals surface area contributed by atoms with Crippen molar-refractivity contribution in [2.24, 2.45) is 5.92 Å². The van der Waals surface area contributed by atoms with E-state index in [4.69, 9.17) is 11.6 Å². The average Bonchev–Trinajstić information content (AvgIpc) is 2.10. The van der Waals surface area contributed by atoms with Crippen molar-refractivity contribution in [2.75, 3.05) is 19.0 Å². The minimum atomic E-state index is -0.368. The van der Waals surface area contributed by atoms with E-state index in [9.17, 15) is 9.90 Å². The number of amides is 1. The maximum absolute atomic E-state index is 11.4. The third-order valence-electron chi connectivity index (χ3n) is 2.58. The monoisotopic (exact) mass is 205 g/mol. The summed E-state index contributed by atoms with van der Waals surface area (Å²) in [7, 11) is 0. The lowest BCUT2D eigenvalue weighted by atomic mass is 9.96. The van der Waals surface area contributed by atoms with Gasteiger partial charge < -0.3 is 10.0 Å². The first kappa shape index (κ1) is 10.8. The summed E-state index contributed by atoms with van der Waals surface area (Å²) in [4.78, 5) is 13.1. The van der Waals surface area contributed by atoms with Crippen LogP contribution in [0.5, 0.6) is 0 Å². The van der Waals surface area contributed by atoms with Crippen molar-refractivity contribution >= 4 is 17.5 Å². The second-order valence-electron chi connectivity index (χ2n) is 3.61. The number of hydrogen-bond donors (Lipinski definition) is 1. The maximum Gasteiger partial charge on any atom is 0.223 e. The molecule has 0 aromatic heterocycles. The van der Waals surface area contributed by atoms with E-state index in [1.165, 1.54) is 0 Å². The molecule has 1 aliphatic rings. The highest BCUT2D eigenvalue weighted by Gasteiger charge is 2.26. The number of carbonyl (C=O) groups excluding carboxylic acids is 1. The fourth-order valence-corrected chi connectivity index (χ4v) is 1.68. The van der Waals surface area contributed by atoms with E-state index in [2.05, 4.69) is 0 Å². The lowest BCUT2D eigenvalue weighted by Crippen LogP contribution is -2.45. The van der Waals surface area contributed by atoms with Crippen LogP contribution >= 0.6 is 11.6 Å². The molecule has 3 nitrogen and oxygen atoms in total. The molecule has 0 aromatic rings. The number of rotatable bonds is 2. The number of hydrogen-bond acceptors (Lipinski definition) is 2. The van der Waals surface area contributed by atoms with Gasteiger partial charge in [0.2, 0.25) is 5.91 Å². The second kappa shape index (κ2) is 4.82. The Kier molecular flexibility index (Phi) is 4.00. The molecule has 1 saturated heterocycles. The number of alkyl halides is 1. The normalized spacial score (nSPS) is 29.0. The Morgan fingerprint density at radius 1 is 1.69 bits per heavy atom. The minimum absolute atomic E-state index is 0.0564. The Bertz CT molecular complexity index is 186. The summed E-state index contributed by atoms with van der Waals surface area (Å²) in [6.45, 7) is 3.23. The van der Waals surface area contributed by atoms with Crippen LogP contribution in [0, 0.1) is 5.92 Å². The highest BCUT2D eigenvalue weighted by Crippen LogP contribution is 2.17. The molecule has 1 heterocycles. The second-order valence-corrected chi connectivity index (χ2v) is 3.99. The van der Waals surface area contributed by atoms with Crippen LogP contribution in [-0.4, -0.2) is 41.0 Å². The average molecular weight is 206 g/mol. The Hall–Kier alpha value is -0.280. The third kappa shape index (κ3) is 2.85. The largest absolute Gasteiger partial charge is 0.391 e. The quantitative estimate of drug-likeness (QED) is 0.679. The van der Waals surface area contributed by atoms with Crippen molar-refractivity contribution in [2.45, 2.75) is 25.9 Å². The van der Waals surface area contributed by atoms with E-state index < -0.39 is 0 Å². The molecule has 0 spiro atoms. The van der Waals surface area contributed by atoms with Gasteiger partial charge in [-0.1, -0.05) is 6.92 Å². The van der Waals surface area contributed by atoms with Gasteiger partial charge in [-0.05, 0) is 12.3 Å². The topological polar surface area (TPSA) is 40.5 Å². The summed E-state index contributed by atoms with van der Waals surface area (Å²) in [6.07, 6.45) is 0.894. The van der Waals surface area contributed by atoms with Gasteiger partial charge in [0.05, 0.1) is 6.10 Å². The third-order valence-corrected chi connectivity index (χ3v) is 2.77. The molecule has 13 heavy (non-hydrogen) atoms. The number of halogens is 1. The van der Waals surface area contributed by atoms with Crippen LogP contribution in [0.3, 0.4) is 0 Å². The van der Waals surface area contributed by atoms with Gasteiger partial charge in [0, 0.05) is 25.4 Å². The van der Waals surface area contributed by atoms with Crippen LogP contribution in [0.25, 0.3) is 0 Å². The molecule has 4 heteroatoms. The predicted molar refractivity (Wildman–Crippen MR) is 51.7 cm³/mol. The minimum Gasteiger partial charge on any atom is -0.391 e. The summed E-state index contributed by atoms with van der Waals surface area (Å²) in [5.74, 6) is 0.724. The van der Waals surface area contributed by atoms with Gasteiger partial charge >= 0.3 is 0 Å². The fraction of sp³-hybridized carbons (Fsp3) is 0.889. The SMILES string of the molecule is CC1CCN(C(=O)CCCl)CC1O. The van der Waals surface area contributed by atoms with Crippen molar-refractivity contribution in [1.29, 1.82) is 0 Å². The van der Waals surface area contributed by atoms with Crippen LogP contribution < -0.4 is 0 Å². The number of nitrogens with zero attached hydrogens (tertiary/aromatic N) is 1. The molecule has 2 unspecified atom stereocenters. The Labute approximate surface area is 83.7 Å². The van der Waals surface area contributed by atoms with Crippen molar-refractivity contribution in [1.82, 2.24) is 4.90 Å². The number of carbonyl (C=O) groups is 1. The Morgan fingerprint density at radius 2 is 2.38 bits per heavy atom. The lowest BCUT2D eigenvalue weighted by Gasteiger charge is -2.34. The summed E-state index contributed by atoms with van der Waals surface area (Å²) >= 11 is 5.47. The summed E-state index contributed by atoms with van der Waals surface area (Å²) in [5, 5.41) is 9.54. The first-order chi connectivity index (χ1) is 6.15. The van der Waals surface area contributed by atoms with Crippen molar-refractivity contribution in [3.63, 3.8) is 0 Å². The number of piperidine rings is 1. The Balaban J connectivity index is 2.40. The summed E-state index contributed by atoms with van der Waals surface area (Å²) in [6, 6.07) is 0. The first-order valence-corrected chi connectivity index (χ1v) is 5.20. The zero-order chi connectivity index (χ0) is 9.84. The van der Waals surface area contributed by atoms with Crippen molar-refractivity contribution < 1.29 is 9.90 Å². The van der Waals surface area contributed by atoms with E-state index in [0.29, 0.717) is 24.8 Å². The van der Waals surface area contributed by atoms with Gasteiger partial charge in [-0.3, -0.25) is 4.79 Å². The molecule has 1 amide bonds. The first-order valence-electron chi connectivity index (χ1n) is 4.67. The molecule has 1 rings (SSSR count). The highest BCUT2D eigenvalue weighted by molar-refractivity contribution is 6.18. The van der Waals surface area contributed by atoms with Gasteiger partial charge in [-0.25, -0.2) is 0 Å². The van der Waals surface area contributed by atoms with Crippen LogP contribution in [-0.2, 0) is 4.79 Å². The molecule has 0 bridgehead atoms. The molecular weight excluding hydrogens is 190 g/mol. The standard InChI is InChI=1S/C9H16ClNO2/c1-7-3-5-11(6-8(7)12)9(13)2-4-10/h7-8,12H,2-6H2,1H3. The Morgan fingerprint density at radius 3 is 2.92 bits per heavy atom. The van der Waals surface area contributed by atoms with Crippen LogP contribution in [0.4, 0.5) is 0 Å². The van der Waals surface area contributed by atoms with E-state index in [0.717, 1.165) is 13.0 Å². The molecule has 0 aromatic carbocycles. The number of aliphatic hydroxyl groups is 1.